The number of hydrogen-bond donors (Lipinski definition) is 2. The van der Waals surface area contributed by atoms with E-state index in [1.54, 1.807) is 42.5 Å². The number of methoxy groups -OCH3 is 1. The monoisotopic (exact) mass is 321 g/mol. The van der Waals surface area contributed by atoms with E-state index in [2.05, 4.69) is 0 Å². The summed E-state index contributed by atoms with van der Waals surface area (Å²) in [6.07, 6.45) is 3.15. The Morgan fingerprint density at radius 2 is 1.67 bits per heavy atom. The van der Waals surface area contributed by atoms with Gasteiger partial charge in [-0.05, 0) is 23.8 Å². The highest BCUT2D eigenvalue weighted by Gasteiger charge is 2.28. The van der Waals surface area contributed by atoms with E-state index in [1.807, 2.05) is 0 Å². The molecule has 0 heterocycles. The van der Waals surface area contributed by atoms with E-state index < -0.39 is 0 Å². The summed E-state index contributed by atoms with van der Waals surface area (Å²) < 4.78 is 5.04. The second-order valence-corrected chi connectivity index (χ2v) is 5.30. The molecule has 24 heavy (non-hydrogen) atoms. The number of nitrogens with two attached hydrogens (primary N) is 1. The number of phenols is 1. The van der Waals surface area contributed by atoms with Crippen molar-refractivity contribution in [2.75, 3.05) is 7.11 Å². The number of benzene rings is 2. The zero-order valence-electron chi connectivity index (χ0n) is 12.9. The van der Waals surface area contributed by atoms with Gasteiger partial charge < -0.3 is 15.6 Å². The van der Waals surface area contributed by atoms with E-state index >= 15 is 0 Å². The third kappa shape index (κ3) is 2.56. The van der Waals surface area contributed by atoms with E-state index in [9.17, 15) is 14.7 Å². The topological polar surface area (TPSA) is 89.6 Å². The molecule has 3 N–H and O–H groups in total. The van der Waals surface area contributed by atoms with Crippen molar-refractivity contribution in [2.45, 2.75) is 0 Å². The molecule has 0 aliphatic heterocycles. The third-order valence-corrected chi connectivity index (χ3v) is 3.84. The molecule has 120 valence electrons. The van der Waals surface area contributed by atoms with Crippen molar-refractivity contribution in [1.29, 1.82) is 0 Å². The van der Waals surface area contributed by atoms with E-state index in [4.69, 9.17) is 10.5 Å². The lowest BCUT2D eigenvalue weighted by Gasteiger charge is -2.16. The standard InChI is InChI=1S/C19H15NO4/c1-24-16-10-11(7-9-15(16)21)6-8-14-17(20)19(23)13-5-3-2-4-12(13)18(14)22/h2-10,21H,20H2,1H3/b8-6+. The zero-order chi connectivity index (χ0) is 17.3. The minimum Gasteiger partial charge on any atom is -0.504 e. The Hall–Kier alpha value is -3.34. The molecule has 0 bridgehead atoms. The number of ketones is 2. The van der Waals surface area contributed by atoms with Crippen molar-refractivity contribution in [1.82, 2.24) is 0 Å². The fourth-order valence-corrected chi connectivity index (χ4v) is 2.56. The Morgan fingerprint density at radius 1 is 1.00 bits per heavy atom. The first-order valence-electron chi connectivity index (χ1n) is 7.26. The van der Waals surface area contributed by atoms with Crippen molar-refractivity contribution in [2.24, 2.45) is 5.73 Å². The molecule has 2 aromatic rings. The fraction of sp³-hybridized carbons (Fsp3) is 0.0526. The van der Waals surface area contributed by atoms with Gasteiger partial charge in [0.2, 0.25) is 5.78 Å². The number of hydrogen-bond acceptors (Lipinski definition) is 5. The molecule has 1 aliphatic carbocycles. The average Bonchev–Trinajstić information content (AvgIpc) is 2.61. The molecule has 0 amide bonds. The molecule has 0 unspecified atom stereocenters. The number of ether oxygens (including phenoxy) is 1. The lowest BCUT2D eigenvalue weighted by atomic mass is 9.87. The summed E-state index contributed by atoms with van der Waals surface area (Å²) in [5, 5.41) is 9.60. The summed E-state index contributed by atoms with van der Waals surface area (Å²) in [5.74, 6) is -0.306. The van der Waals surface area contributed by atoms with Gasteiger partial charge in [0, 0.05) is 16.7 Å². The second-order valence-electron chi connectivity index (χ2n) is 5.30. The normalized spacial score (nSPS) is 14.2. The molecular weight excluding hydrogens is 306 g/mol. The summed E-state index contributed by atoms with van der Waals surface area (Å²) in [4.78, 5) is 24.9. The summed E-state index contributed by atoms with van der Waals surface area (Å²) in [6, 6.07) is 11.4. The first-order valence-corrected chi connectivity index (χ1v) is 7.26. The van der Waals surface area contributed by atoms with Crippen LogP contribution in [0.15, 0.2) is 59.8 Å². The first-order chi connectivity index (χ1) is 11.5. The fourth-order valence-electron chi connectivity index (χ4n) is 2.56. The van der Waals surface area contributed by atoms with Crippen LogP contribution in [0.4, 0.5) is 0 Å². The molecule has 5 nitrogen and oxygen atoms in total. The van der Waals surface area contributed by atoms with Crippen LogP contribution in [0.3, 0.4) is 0 Å². The van der Waals surface area contributed by atoms with Gasteiger partial charge in [-0.25, -0.2) is 0 Å². The Bertz CT molecular complexity index is 909. The van der Waals surface area contributed by atoms with Crippen LogP contribution in [0.2, 0.25) is 0 Å². The van der Waals surface area contributed by atoms with Gasteiger partial charge in [-0.3, -0.25) is 9.59 Å². The number of carbonyl (C=O) groups excluding carboxylic acids is 2. The highest BCUT2D eigenvalue weighted by molar-refractivity contribution is 6.27. The number of Topliss-reactive ketones (excluding diaryl/α,β-unsaturated/α-hetero) is 2. The van der Waals surface area contributed by atoms with Crippen molar-refractivity contribution in [3.8, 4) is 11.5 Å². The van der Waals surface area contributed by atoms with Gasteiger partial charge in [0.25, 0.3) is 0 Å². The highest BCUT2D eigenvalue weighted by Crippen LogP contribution is 2.28. The number of aromatic hydroxyl groups is 1. The van der Waals surface area contributed by atoms with Gasteiger partial charge in [0.05, 0.1) is 12.8 Å². The predicted octanol–water partition coefficient (Wildman–Crippen LogP) is 2.71. The summed E-state index contributed by atoms with van der Waals surface area (Å²) in [6.45, 7) is 0. The maximum atomic E-state index is 12.6. The van der Waals surface area contributed by atoms with Crippen LogP contribution >= 0.6 is 0 Å². The first kappa shape index (κ1) is 15.6. The Kier molecular flexibility index (Phi) is 3.92. The van der Waals surface area contributed by atoms with Crippen molar-refractivity contribution >= 4 is 17.6 Å². The highest BCUT2D eigenvalue weighted by atomic mass is 16.5. The third-order valence-electron chi connectivity index (χ3n) is 3.84. The Morgan fingerprint density at radius 3 is 2.33 bits per heavy atom. The SMILES string of the molecule is COc1cc(/C=C/C2=C(N)C(=O)c3ccccc3C2=O)ccc1O. The number of carbonyl (C=O) groups is 2. The number of rotatable bonds is 3. The zero-order valence-corrected chi connectivity index (χ0v) is 12.9. The minimum absolute atomic E-state index is 0.0197. The maximum absolute atomic E-state index is 12.6. The quantitative estimate of drug-likeness (QED) is 0.907. The summed E-state index contributed by atoms with van der Waals surface area (Å²) in [5.41, 5.74) is 7.32. The summed E-state index contributed by atoms with van der Waals surface area (Å²) >= 11 is 0. The van der Waals surface area contributed by atoms with Crippen molar-refractivity contribution in [3.05, 3.63) is 76.5 Å². The van der Waals surface area contributed by atoms with Crippen LogP contribution in [0.5, 0.6) is 11.5 Å². The second kappa shape index (κ2) is 6.04. The minimum atomic E-state index is -0.354. The van der Waals surface area contributed by atoms with Gasteiger partial charge in [0.1, 0.15) is 0 Å². The number of fused-ring (bicyclic) bond motifs is 1. The molecule has 2 aromatic carbocycles. The number of phenolic OH excluding ortho intramolecular Hbond substituents is 1. The molecular formula is C19H15NO4. The number of allylic oxidation sites excluding steroid dienone is 3. The lowest BCUT2D eigenvalue weighted by Crippen LogP contribution is -2.25. The maximum Gasteiger partial charge on any atom is 0.210 e. The molecule has 0 atom stereocenters. The van der Waals surface area contributed by atoms with Gasteiger partial charge >= 0.3 is 0 Å². The summed E-state index contributed by atoms with van der Waals surface area (Å²) in [7, 11) is 1.45. The van der Waals surface area contributed by atoms with Crippen LogP contribution in [0.25, 0.3) is 6.08 Å². The smallest absolute Gasteiger partial charge is 0.210 e. The van der Waals surface area contributed by atoms with E-state index in [1.165, 1.54) is 19.3 Å². The molecule has 1 aliphatic rings. The van der Waals surface area contributed by atoms with Gasteiger partial charge in [-0.2, -0.15) is 0 Å². The molecule has 0 spiro atoms. The van der Waals surface area contributed by atoms with Gasteiger partial charge in [-0.15, -0.1) is 0 Å². The van der Waals surface area contributed by atoms with E-state index in [0.29, 0.717) is 22.4 Å². The molecule has 0 saturated carbocycles. The van der Waals surface area contributed by atoms with Crippen LogP contribution in [0.1, 0.15) is 26.3 Å². The van der Waals surface area contributed by atoms with Crippen molar-refractivity contribution in [3.63, 3.8) is 0 Å². The molecule has 0 aromatic heterocycles. The molecule has 5 heteroatoms. The Labute approximate surface area is 138 Å². The van der Waals surface area contributed by atoms with Crippen LogP contribution in [0, 0.1) is 0 Å². The molecule has 3 rings (SSSR count). The van der Waals surface area contributed by atoms with Crippen LogP contribution < -0.4 is 10.5 Å². The molecule has 0 radical (unpaired) electrons. The van der Waals surface area contributed by atoms with E-state index in [0.717, 1.165) is 0 Å². The van der Waals surface area contributed by atoms with Crippen LogP contribution in [-0.2, 0) is 0 Å². The molecule has 0 saturated heterocycles. The average molecular weight is 321 g/mol. The Balaban J connectivity index is 1.99. The van der Waals surface area contributed by atoms with Crippen molar-refractivity contribution < 1.29 is 19.4 Å². The largest absolute Gasteiger partial charge is 0.504 e. The van der Waals surface area contributed by atoms with Crippen LogP contribution in [-0.4, -0.2) is 23.8 Å². The van der Waals surface area contributed by atoms with Gasteiger partial charge in [0.15, 0.2) is 17.3 Å². The van der Waals surface area contributed by atoms with E-state index in [-0.39, 0.29) is 28.6 Å². The van der Waals surface area contributed by atoms with Gasteiger partial charge in [-0.1, -0.05) is 36.4 Å². The molecule has 0 fully saturated rings. The predicted molar refractivity (Wildman–Crippen MR) is 90.0 cm³/mol. The lowest BCUT2D eigenvalue weighted by molar-refractivity contribution is 0.0976.